The third-order valence-corrected chi connectivity index (χ3v) is 2.57. The van der Waals surface area contributed by atoms with E-state index in [4.69, 9.17) is 0 Å². The molecule has 0 aliphatic heterocycles. The summed E-state index contributed by atoms with van der Waals surface area (Å²) in [5.74, 6) is 0. The molecule has 0 radical (unpaired) electrons. The number of rotatable bonds is 9. The van der Waals surface area contributed by atoms with Crippen molar-refractivity contribution in [3.8, 4) is 0 Å². The Morgan fingerprint density at radius 2 is 1.27 bits per heavy atom. The summed E-state index contributed by atoms with van der Waals surface area (Å²) >= 11 is 0. The molecule has 0 aromatic rings. The third-order valence-electron chi connectivity index (χ3n) is 2.57. The van der Waals surface area contributed by atoms with Crippen LogP contribution in [0.5, 0.6) is 0 Å². The standard InChI is InChI=1S/C14H27.Ti/c1-4-7-10-13-14(11-8-5-2)12-9-6-3;/h4-12H2,1-3H3;/q-1;. The molecule has 0 aromatic heterocycles. The monoisotopic (exact) mass is 243 g/mol. The molecule has 88 valence electrons. The van der Waals surface area contributed by atoms with Gasteiger partial charge in [0.05, 0.1) is 0 Å². The van der Waals surface area contributed by atoms with E-state index in [0.29, 0.717) is 0 Å². The second kappa shape index (κ2) is 14.5. The fraction of sp³-hybridized carbons (Fsp3) is 0.857. The second-order valence-corrected chi connectivity index (χ2v) is 4.09. The van der Waals surface area contributed by atoms with E-state index in [1.807, 2.05) is 0 Å². The van der Waals surface area contributed by atoms with Gasteiger partial charge in [-0.15, -0.1) is 0 Å². The first-order chi connectivity index (χ1) is 6.85. The Kier molecular flexibility index (Phi) is 17.2. The second-order valence-electron chi connectivity index (χ2n) is 4.09. The number of hydrogen-bond acceptors (Lipinski definition) is 0. The summed E-state index contributed by atoms with van der Waals surface area (Å²) in [6, 6.07) is 0. The van der Waals surface area contributed by atoms with Gasteiger partial charge in [-0.25, -0.2) is 0 Å². The molecule has 0 fully saturated rings. The molecule has 0 aromatic carbocycles. The Morgan fingerprint density at radius 1 is 0.800 bits per heavy atom. The molecule has 0 bridgehead atoms. The molecule has 0 saturated heterocycles. The molecule has 0 nitrogen and oxygen atoms in total. The van der Waals surface area contributed by atoms with E-state index in [2.05, 4.69) is 26.8 Å². The quantitative estimate of drug-likeness (QED) is 0.293. The fourth-order valence-corrected chi connectivity index (χ4v) is 1.52. The maximum Gasteiger partial charge on any atom is 0 e. The first-order valence-corrected chi connectivity index (χ1v) is 6.43. The SMILES string of the molecule is CCCC[C-]=C(CCCC)CCCC.[Ti]. The Labute approximate surface area is 112 Å². The van der Waals surface area contributed by atoms with Crippen molar-refractivity contribution >= 4 is 0 Å². The number of hydrogen-bond donors (Lipinski definition) is 0. The first-order valence-electron chi connectivity index (χ1n) is 6.43. The van der Waals surface area contributed by atoms with Crippen molar-refractivity contribution in [2.24, 2.45) is 0 Å². The minimum absolute atomic E-state index is 0. The van der Waals surface area contributed by atoms with Gasteiger partial charge in [-0.05, 0) is 0 Å². The minimum atomic E-state index is 0. The average molecular weight is 243 g/mol. The van der Waals surface area contributed by atoms with E-state index in [0.717, 1.165) is 0 Å². The van der Waals surface area contributed by atoms with Crippen molar-refractivity contribution < 1.29 is 21.7 Å². The van der Waals surface area contributed by atoms with Crippen LogP contribution in [0.1, 0.15) is 78.6 Å². The third kappa shape index (κ3) is 12.4. The van der Waals surface area contributed by atoms with Gasteiger partial charge in [0, 0.05) is 21.7 Å². The van der Waals surface area contributed by atoms with Crippen molar-refractivity contribution in [3.63, 3.8) is 0 Å². The first kappa shape index (κ1) is 17.8. The molecule has 0 spiro atoms. The van der Waals surface area contributed by atoms with Gasteiger partial charge in [0.15, 0.2) is 0 Å². The summed E-state index contributed by atoms with van der Waals surface area (Å²) in [4.78, 5) is 0. The largest absolute Gasteiger partial charge is 0.497 e. The van der Waals surface area contributed by atoms with E-state index in [9.17, 15) is 0 Å². The van der Waals surface area contributed by atoms with E-state index in [1.54, 1.807) is 5.57 Å². The van der Waals surface area contributed by atoms with Gasteiger partial charge in [-0.2, -0.15) is 6.42 Å². The zero-order valence-corrected chi connectivity index (χ0v) is 12.4. The van der Waals surface area contributed by atoms with Crippen LogP contribution in [-0.4, -0.2) is 0 Å². The Balaban J connectivity index is 0. The smallest absolute Gasteiger partial charge is 0 e. The van der Waals surface area contributed by atoms with Crippen LogP contribution in [0.2, 0.25) is 0 Å². The molecule has 0 rings (SSSR count). The molecule has 0 N–H and O–H groups in total. The van der Waals surface area contributed by atoms with E-state index >= 15 is 0 Å². The van der Waals surface area contributed by atoms with Gasteiger partial charge in [-0.1, -0.05) is 72.1 Å². The number of allylic oxidation sites excluding steroid dienone is 2. The maximum absolute atomic E-state index is 3.61. The van der Waals surface area contributed by atoms with E-state index < -0.39 is 0 Å². The molecular weight excluding hydrogens is 216 g/mol. The summed E-state index contributed by atoms with van der Waals surface area (Å²) in [5.41, 5.74) is 1.60. The normalized spacial score (nSPS) is 9.53. The van der Waals surface area contributed by atoms with Crippen molar-refractivity contribution in [1.29, 1.82) is 0 Å². The molecule has 0 aliphatic carbocycles. The van der Waals surface area contributed by atoms with Crippen LogP contribution < -0.4 is 0 Å². The predicted octanol–water partition coefficient (Wildman–Crippen LogP) is 5.28. The van der Waals surface area contributed by atoms with Crippen LogP contribution >= 0.6 is 0 Å². The molecular formula is C14H27Ti-. The van der Waals surface area contributed by atoms with Crippen LogP contribution in [0.3, 0.4) is 0 Å². The van der Waals surface area contributed by atoms with Crippen LogP contribution in [0.25, 0.3) is 0 Å². The van der Waals surface area contributed by atoms with Gasteiger partial charge < -0.3 is 6.08 Å². The van der Waals surface area contributed by atoms with Gasteiger partial charge in [0.25, 0.3) is 0 Å². The summed E-state index contributed by atoms with van der Waals surface area (Å²) in [5, 5.41) is 0. The van der Waals surface area contributed by atoms with Crippen LogP contribution in [-0.2, 0) is 21.7 Å². The van der Waals surface area contributed by atoms with Crippen molar-refractivity contribution in [2.45, 2.75) is 78.6 Å². The minimum Gasteiger partial charge on any atom is -0.497 e. The molecule has 0 saturated carbocycles. The summed E-state index contributed by atoms with van der Waals surface area (Å²) < 4.78 is 0. The predicted molar refractivity (Wildman–Crippen MR) is 65.3 cm³/mol. The van der Waals surface area contributed by atoms with Crippen molar-refractivity contribution in [1.82, 2.24) is 0 Å². The zero-order chi connectivity index (χ0) is 10.6. The summed E-state index contributed by atoms with van der Waals surface area (Å²) in [7, 11) is 0. The Morgan fingerprint density at radius 3 is 1.67 bits per heavy atom. The van der Waals surface area contributed by atoms with Gasteiger partial charge in [0.1, 0.15) is 0 Å². The summed E-state index contributed by atoms with van der Waals surface area (Å²) in [6.07, 6.45) is 15.3. The van der Waals surface area contributed by atoms with Crippen LogP contribution in [0.15, 0.2) is 5.57 Å². The molecule has 0 aliphatic rings. The van der Waals surface area contributed by atoms with Crippen LogP contribution in [0.4, 0.5) is 0 Å². The van der Waals surface area contributed by atoms with Gasteiger partial charge in [-0.3, -0.25) is 5.57 Å². The fourth-order valence-electron chi connectivity index (χ4n) is 1.52. The molecule has 1 heteroatoms. The maximum atomic E-state index is 3.61. The van der Waals surface area contributed by atoms with E-state index in [1.165, 1.54) is 57.8 Å². The van der Waals surface area contributed by atoms with E-state index in [-0.39, 0.29) is 21.7 Å². The van der Waals surface area contributed by atoms with Crippen molar-refractivity contribution in [3.05, 3.63) is 11.6 Å². The summed E-state index contributed by atoms with van der Waals surface area (Å²) in [6.45, 7) is 6.78. The molecule has 0 amide bonds. The Hall–Kier alpha value is 0.454. The molecule has 0 atom stereocenters. The van der Waals surface area contributed by atoms with Crippen molar-refractivity contribution in [2.75, 3.05) is 0 Å². The molecule has 0 unspecified atom stereocenters. The zero-order valence-electron chi connectivity index (χ0n) is 10.9. The van der Waals surface area contributed by atoms with Gasteiger partial charge >= 0.3 is 0 Å². The topological polar surface area (TPSA) is 0 Å². The molecule has 15 heavy (non-hydrogen) atoms. The molecule has 0 heterocycles. The average Bonchev–Trinajstić information content (AvgIpc) is 2.21. The number of unbranched alkanes of at least 4 members (excludes halogenated alkanes) is 4. The Bertz CT molecular complexity index is 128. The van der Waals surface area contributed by atoms with Crippen LogP contribution in [0, 0.1) is 6.08 Å². The van der Waals surface area contributed by atoms with Gasteiger partial charge in [0.2, 0.25) is 0 Å².